The van der Waals surface area contributed by atoms with Gasteiger partial charge in [-0.3, -0.25) is 0 Å². The van der Waals surface area contributed by atoms with Gasteiger partial charge in [0.25, 0.3) is 0 Å². The van der Waals surface area contributed by atoms with Crippen LogP contribution in [0.3, 0.4) is 0 Å². The van der Waals surface area contributed by atoms with E-state index in [0.29, 0.717) is 5.56 Å². The van der Waals surface area contributed by atoms with Crippen LogP contribution in [0.1, 0.15) is 28.9 Å². The monoisotopic (exact) mass is 282 g/mol. The van der Waals surface area contributed by atoms with Crippen LogP contribution < -0.4 is 0 Å². The molecule has 0 radical (unpaired) electrons. The second kappa shape index (κ2) is 5.64. The molecule has 106 valence electrons. The predicted molar refractivity (Wildman–Crippen MR) is 67.8 cm³/mol. The summed E-state index contributed by atoms with van der Waals surface area (Å²) >= 11 is 0. The highest BCUT2D eigenvalue weighted by Gasteiger charge is 2.36. The van der Waals surface area contributed by atoms with Crippen LogP contribution in [0.25, 0.3) is 0 Å². The lowest BCUT2D eigenvalue weighted by atomic mass is 9.94. The number of hydrogen-bond acceptors (Lipinski definition) is 2. The summed E-state index contributed by atoms with van der Waals surface area (Å²) in [5.41, 5.74) is -0.921. The maximum Gasteiger partial charge on any atom is 0.416 e. The van der Waals surface area contributed by atoms with E-state index in [1.54, 1.807) is 30.3 Å². The minimum atomic E-state index is -4.58. The van der Waals surface area contributed by atoms with Gasteiger partial charge in [-0.25, -0.2) is 0 Å². The Morgan fingerprint density at radius 3 is 1.90 bits per heavy atom. The molecule has 2 aromatic carbocycles. The smallest absolute Gasteiger partial charge is 0.385 e. The Morgan fingerprint density at radius 2 is 1.30 bits per heavy atom. The molecule has 0 aliphatic carbocycles. The van der Waals surface area contributed by atoms with E-state index >= 15 is 0 Å². The molecule has 0 spiro atoms. The van der Waals surface area contributed by atoms with Crippen LogP contribution in [0.4, 0.5) is 13.2 Å². The van der Waals surface area contributed by atoms with E-state index < -0.39 is 23.9 Å². The van der Waals surface area contributed by atoms with Gasteiger partial charge < -0.3 is 10.2 Å². The lowest BCUT2D eigenvalue weighted by Crippen LogP contribution is -2.16. The van der Waals surface area contributed by atoms with Crippen molar-refractivity contribution in [2.45, 2.75) is 18.4 Å². The number of benzene rings is 2. The number of rotatable bonds is 3. The third kappa shape index (κ3) is 3.00. The van der Waals surface area contributed by atoms with E-state index in [1.165, 1.54) is 18.2 Å². The summed E-state index contributed by atoms with van der Waals surface area (Å²) in [5, 5.41) is 20.1. The number of hydrogen-bond donors (Lipinski definition) is 2. The SMILES string of the molecule is OC(c1ccccc1)C(O)c1ccccc1C(F)(F)F. The van der Waals surface area contributed by atoms with Crippen LogP contribution in [-0.4, -0.2) is 10.2 Å². The molecule has 0 bridgehead atoms. The van der Waals surface area contributed by atoms with Crippen molar-refractivity contribution < 1.29 is 23.4 Å². The first-order valence-corrected chi connectivity index (χ1v) is 5.98. The van der Waals surface area contributed by atoms with Gasteiger partial charge in [-0.1, -0.05) is 48.5 Å². The molecule has 0 fully saturated rings. The average molecular weight is 282 g/mol. The second-order valence-electron chi connectivity index (χ2n) is 4.39. The van der Waals surface area contributed by atoms with Crippen molar-refractivity contribution in [3.05, 3.63) is 71.3 Å². The number of alkyl halides is 3. The van der Waals surface area contributed by atoms with Gasteiger partial charge in [0.1, 0.15) is 12.2 Å². The zero-order valence-electron chi connectivity index (χ0n) is 10.4. The van der Waals surface area contributed by atoms with Crippen molar-refractivity contribution >= 4 is 0 Å². The van der Waals surface area contributed by atoms with Crippen molar-refractivity contribution in [1.29, 1.82) is 0 Å². The largest absolute Gasteiger partial charge is 0.416 e. The van der Waals surface area contributed by atoms with Crippen molar-refractivity contribution in [3.8, 4) is 0 Å². The van der Waals surface area contributed by atoms with E-state index in [-0.39, 0.29) is 5.56 Å². The van der Waals surface area contributed by atoms with Gasteiger partial charge in [-0.2, -0.15) is 13.2 Å². The van der Waals surface area contributed by atoms with Gasteiger partial charge >= 0.3 is 6.18 Å². The molecule has 0 saturated carbocycles. The standard InChI is InChI=1S/C15H13F3O2/c16-15(17,18)12-9-5-4-8-11(12)14(20)13(19)10-6-2-1-3-7-10/h1-9,13-14,19-20H. The Hall–Kier alpha value is -1.85. The van der Waals surface area contributed by atoms with Crippen LogP contribution in [0.2, 0.25) is 0 Å². The van der Waals surface area contributed by atoms with E-state index in [1.807, 2.05) is 0 Å². The van der Waals surface area contributed by atoms with Gasteiger partial charge in [-0.05, 0) is 17.2 Å². The van der Waals surface area contributed by atoms with E-state index in [4.69, 9.17) is 0 Å². The molecule has 20 heavy (non-hydrogen) atoms. The Labute approximate surface area is 114 Å². The lowest BCUT2D eigenvalue weighted by molar-refractivity contribution is -0.140. The van der Waals surface area contributed by atoms with Crippen LogP contribution >= 0.6 is 0 Å². The molecule has 5 heteroatoms. The van der Waals surface area contributed by atoms with Gasteiger partial charge in [0.2, 0.25) is 0 Å². The van der Waals surface area contributed by atoms with E-state index in [2.05, 4.69) is 0 Å². The van der Waals surface area contributed by atoms with Crippen molar-refractivity contribution in [2.75, 3.05) is 0 Å². The summed E-state index contributed by atoms with van der Waals surface area (Å²) in [6, 6.07) is 12.8. The van der Waals surface area contributed by atoms with Gasteiger partial charge in [0.15, 0.2) is 0 Å². The summed E-state index contributed by atoms with van der Waals surface area (Å²) in [7, 11) is 0. The Kier molecular flexibility index (Phi) is 4.11. The van der Waals surface area contributed by atoms with Crippen LogP contribution in [0.5, 0.6) is 0 Å². The third-order valence-corrected chi connectivity index (χ3v) is 3.02. The van der Waals surface area contributed by atoms with Gasteiger partial charge in [0, 0.05) is 0 Å². The highest BCUT2D eigenvalue weighted by molar-refractivity contribution is 5.33. The third-order valence-electron chi connectivity index (χ3n) is 3.02. The molecule has 0 aromatic heterocycles. The average Bonchev–Trinajstić information content (AvgIpc) is 2.46. The van der Waals surface area contributed by atoms with Gasteiger partial charge in [0.05, 0.1) is 5.56 Å². The molecule has 2 atom stereocenters. The Balaban J connectivity index is 2.37. The Bertz CT molecular complexity index is 567. The predicted octanol–water partition coefficient (Wildman–Crippen LogP) is 3.47. The molecule has 0 amide bonds. The quantitative estimate of drug-likeness (QED) is 0.905. The van der Waals surface area contributed by atoms with Crippen molar-refractivity contribution in [1.82, 2.24) is 0 Å². The van der Waals surface area contributed by atoms with E-state index in [0.717, 1.165) is 6.07 Å². The maximum atomic E-state index is 12.9. The molecular weight excluding hydrogens is 269 g/mol. The summed E-state index contributed by atoms with van der Waals surface area (Å²) in [6.45, 7) is 0. The minimum Gasteiger partial charge on any atom is -0.385 e. The van der Waals surface area contributed by atoms with Crippen molar-refractivity contribution in [2.24, 2.45) is 0 Å². The molecule has 2 nitrogen and oxygen atoms in total. The van der Waals surface area contributed by atoms with Gasteiger partial charge in [-0.15, -0.1) is 0 Å². The van der Waals surface area contributed by atoms with Crippen LogP contribution in [0, 0.1) is 0 Å². The summed E-state index contributed by atoms with van der Waals surface area (Å²) in [4.78, 5) is 0. The first-order chi connectivity index (χ1) is 9.41. The molecule has 2 N–H and O–H groups in total. The molecular formula is C15H13F3O2. The normalized spacial score (nSPS) is 14.8. The number of aliphatic hydroxyl groups excluding tert-OH is 2. The fourth-order valence-electron chi connectivity index (χ4n) is 2.02. The lowest BCUT2D eigenvalue weighted by Gasteiger charge is -2.22. The van der Waals surface area contributed by atoms with Crippen molar-refractivity contribution in [3.63, 3.8) is 0 Å². The molecule has 0 saturated heterocycles. The molecule has 2 rings (SSSR count). The topological polar surface area (TPSA) is 40.5 Å². The number of aliphatic hydroxyl groups is 2. The fourth-order valence-corrected chi connectivity index (χ4v) is 2.02. The highest BCUT2D eigenvalue weighted by atomic mass is 19.4. The minimum absolute atomic E-state index is 0.337. The first-order valence-electron chi connectivity index (χ1n) is 5.98. The zero-order chi connectivity index (χ0) is 14.8. The summed E-state index contributed by atoms with van der Waals surface area (Å²) in [5.74, 6) is 0. The highest BCUT2D eigenvalue weighted by Crippen LogP contribution is 2.38. The maximum absolute atomic E-state index is 12.9. The second-order valence-corrected chi connectivity index (χ2v) is 4.39. The summed E-state index contributed by atoms with van der Waals surface area (Å²) in [6.07, 6.45) is -7.64. The zero-order valence-corrected chi connectivity index (χ0v) is 10.4. The molecule has 2 unspecified atom stereocenters. The molecule has 0 aliphatic heterocycles. The Morgan fingerprint density at radius 1 is 0.750 bits per heavy atom. The molecule has 2 aromatic rings. The first kappa shape index (κ1) is 14.6. The van der Waals surface area contributed by atoms with E-state index in [9.17, 15) is 23.4 Å². The van der Waals surface area contributed by atoms with Crippen LogP contribution in [-0.2, 0) is 6.18 Å². The number of halogens is 3. The molecule has 0 aliphatic rings. The van der Waals surface area contributed by atoms with Crippen LogP contribution in [0.15, 0.2) is 54.6 Å². The molecule has 0 heterocycles. The fraction of sp³-hybridized carbons (Fsp3) is 0.200. The summed E-state index contributed by atoms with van der Waals surface area (Å²) < 4.78 is 38.6.